The summed E-state index contributed by atoms with van der Waals surface area (Å²) < 4.78 is 32.6. The van der Waals surface area contributed by atoms with Gasteiger partial charge in [-0.05, 0) is 56.7 Å². The predicted molar refractivity (Wildman–Crippen MR) is 135 cm³/mol. The molecule has 3 rings (SSSR count). The quantitative estimate of drug-likeness (QED) is 0.468. The highest BCUT2D eigenvalue weighted by molar-refractivity contribution is 7.92. The van der Waals surface area contributed by atoms with Gasteiger partial charge in [0, 0.05) is 24.2 Å². The Morgan fingerprint density at radius 2 is 1.76 bits per heavy atom. The van der Waals surface area contributed by atoms with Gasteiger partial charge in [-0.3, -0.25) is 4.79 Å². The third-order valence-electron chi connectivity index (χ3n) is 5.37. The summed E-state index contributed by atoms with van der Waals surface area (Å²) in [7, 11) is -0.136. The highest BCUT2D eigenvalue weighted by Crippen LogP contribution is 2.36. The highest BCUT2D eigenvalue weighted by Gasteiger charge is 2.40. The van der Waals surface area contributed by atoms with E-state index < -0.39 is 33.8 Å². The van der Waals surface area contributed by atoms with Crippen LogP contribution in [0.15, 0.2) is 41.3 Å². The van der Waals surface area contributed by atoms with Gasteiger partial charge in [0.1, 0.15) is 11.5 Å². The van der Waals surface area contributed by atoms with Gasteiger partial charge in [-0.25, -0.2) is 8.42 Å². The number of nitrogens with one attached hydrogen (secondary N) is 2. The normalized spacial score (nSPS) is 17.2. The van der Waals surface area contributed by atoms with E-state index >= 15 is 0 Å². The Kier molecular flexibility index (Phi) is 9.63. The fourth-order valence-corrected chi connectivity index (χ4v) is 7.09. The number of carbonyl (C=O) groups is 1. The van der Waals surface area contributed by atoms with E-state index in [2.05, 4.69) is 15.5 Å². The number of benzene rings is 2. The minimum Gasteiger partial charge on any atom is -0.350 e. The fourth-order valence-electron chi connectivity index (χ4n) is 3.82. The molecule has 0 aromatic heterocycles. The van der Waals surface area contributed by atoms with E-state index in [0.29, 0.717) is 19.5 Å². The third-order valence-corrected chi connectivity index (χ3v) is 8.49. The number of halogens is 3. The largest absolute Gasteiger partial charge is 0.350 e. The molecule has 0 bridgehead atoms. The summed E-state index contributed by atoms with van der Waals surface area (Å²) in [6.07, 6.45) is 1.37. The minimum absolute atomic E-state index is 0.0914. The van der Waals surface area contributed by atoms with Crippen molar-refractivity contribution in [3.8, 4) is 0 Å². The van der Waals surface area contributed by atoms with E-state index in [1.54, 1.807) is 0 Å². The van der Waals surface area contributed by atoms with Crippen LogP contribution in [-0.4, -0.2) is 57.9 Å². The fraction of sp³-hybridized carbons (Fsp3) is 0.435. The molecule has 7 nitrogen and oxygen atoms in total. The molecule has 0 spiro atoms. The molecule has 0 saturated carbocycles. The zero-order valence-corrected chi connectivity index (χ0v) is 22.1. The van der Waals surface area contributed by atoms with E-state index in [-0.39, 0.29) is 20.0 Å². The molecule has 1 aliphatic heterocycles. The van der Waals surface area contributed by atoms with Gasteiger partial charge >= 0.3 is 0 Å². The van der Waals surface area contributed by atoms with Crippen LogP contribution in [0.25, 0.3) is 0 Å². The van der Waals surface area contributed by atoms with Crippen LogP contribution < -0.4 is 10.6 Å². The molecule has 34 heavy (non-hydrogen) atoms. The molecule has 1 saturated heterocycles. The van der Waals surface area contributed by atoms with E-state index in [0.717, 1.165) is 18.5 Å². The van der Waals surface area contributed by atoms with Crippen LogP contribution >= 0.6 is 34.8 Å². The second-order valence-electron chi connectivity index (χ2n) is 8.46. The molecular formula is C23H28Cl3N3O4S. The maximum absolute atomic E-state index is 13.5. The average Bonchev–Trinajstić information content (AvgIpc) is 3.26. The molecule has 0 radical (unpaired) electrons. The van der Waals surface area contributed by atoms with Crippen LogP contribution in [0.5, 0.6) is 0 Å². The van der Waals surface area contributed by atoms with E-state index in [1.807, 2.05) is 38.4 Å². The van der Waals surface area contributed by atoms with E-state index in [1.165, 1.54) is 17.7 Å². The van der Waals surface area contributed by atoms with Gasteiger partial charge in [-0.15, -0.1) is 0 Å². The van der Waals surface area contributed by atoms with Gasteiger partial charge in [-0.1, -0.05) is 59.1 Å². The zero-order chi connectivity index (χ0) is 24.9. The molecule has 1 fully saturated rings. The highest BCUT2D eigenvalue weighted by atomic mass is 35.5. The van der Waals surface area contributed by atoms with Crippen molar-refractivity contribution in [3.63, 3.8) is 0 Å². The molecule has 2 unspecified atom stereocenters. The van der Waals surface area contributed by atoms with Crippen LogP contribution in [0.1, 0.15) is 24.0 Å². The lowest BCUT2D eigenvalue weighted by Gasteiger charge is -2.25. The van der Waals surface area contributed by atoms with Crippen LogP contribution in [-0.2, 0) is 32.5 Å². The Hall–Kier alpha value is -1.39. The molecule has 186 valence electrons. The summed E-state index contributed by atoms with van der Waals surface area (Å²) in [6, 6.07) is 10.0. The number of sulfone groups is 1. The first-order chi connectivity index (χ1) is 16.1. The van der Waals surface area contributed by atoms with Crippen molar-refractivity contribution in [2.24, 2.45) is 0 Å². The average molecular weight is 549 g/mol. The molecule has 1 heterocycles. The topological polar surface area (TPSA) is 87.7 Å². The van der Waals surface area contributed by atoms with Crippen molar-refractivity contribution < 1.29 is 17.9 Å². The number of hydrogen-bond donors (Lipinski definition) is 2. The molecule has 2 atom stereocenters. The molecule has 2 aromatic carbocycles. The predicted octanol–water partition coefficient (Wildman–Crippen LogP) is 3.89. The van der Waals surface area contributed by atoms with Crippen LogP contribution in [0.3, 0.4) is 0 Å². The maximum Gasteiger partial charge on any atom is 0.246 e. The number of amides is 1. The lowest BCUT2D eigenvalue weighted by molar-refractivity contribution is -0.126. The van der Waals surface area contributed by atoms with Gasteiger partial charge in [0.2, 0.25) is 15.7 Å². The van der Waals surface area contributed by atoms with Crippen molar-refractivity contribution in [1.29, 1.82) is 0 Å². The van der Waals surface area contributed by atoms with E-state index in [4.69, 9.17) is 39.5 Å². The van der Waals surface area contributed by atoms with Gasteiger partial charge in [0.15, 0.2) is 5.44 Å². The van der Waals surface area contributed by atoms with Crippen LogP contribution in [0.4, 0.5) is 0 Å². The summed E-state index contributed by atoms with van der Waals surface area (Å²) in [6.45, 7) is 1.35. The summed E-state index contributed by atoms with van der Waals surface area (Å²) in [5.74, 6) is -0.427. The Morgan fingerprint density at radius 1 is 1.15 bits per heavy atom. The third kappa shape index (κ3) is 7.07. The maximum atomic E-state index is 13.5. The number of nitrogens with zero attached hydrogens (tertiary/aromatic N) is 1. The van der Waals surface area contributed by atoms with Crippen LogP contribution in [0.2, 0.25) is 15.1 Å². The second-order valence-corrected chi connectivity index (χ2v) is 11.7. The van der Waals surface area contributed by atoms with Gasteiger partial charge < -0.3 is 20.3 Å². The van der Waals surface area contributed by atoms with Crippen molar-refractivity contribution >= 4 is 50.5 Å². The molecule has 0 aliphatic carbocycles. The number of rotatable bonds is 10. The summed E-state index contributed by atoms with van der Waals surface area (Å²) >= 11 is 18.3. The van der Waals surface area contributed by atoms with Gasteiger partial charge in [0.05, 0.1) is 10.0 Å². The van der Waals surface area contributed by atoms with Crippen molar-refractivity contribution in [2.75, 3.05) is 27.2 Å². The molecule has 11 heteroatoms. The lowest BCUT2D eigenvalue weighted by Crippen LogP contribution is -2.44. The molecular weight excluding hydrogens is 521 g/mol. The summed E-state index contributed by atoms with van der Waals surface area (Å²) in [5, 5.41) is 5.94. The molecule has 1 amide bonds. The Balaban J connectivity index is 1.67. The second kappa shape index (κ2) is 12.0. The number of carbonyl (C=O) groups excluding carboxylic acids is 1. The first-order valence-electron chi connectivity index (χ1n) is 10.8. The standard InChI is InChI=1S/C23H28Cl3N3O4S/c1-29(2)13-16-7-5-15(6-8-16)12-28-21(30)14-33-23(20-4-3-9-27-20)34(31,32)22-18(25)10-17(24)11-19(22)26/h5-8,10-11,20,23,27H,3-4,9,12-14H2,1-2H3,(H,28,30). The number of hydrogen-bond acceptors (Lipinski definition) is 6. The van der Waals surface area contributed by atoms with E-state index in [9.17, 15) is 13.2 Å². The Bertz CT molecular complexity index is 1080. The van der Waals surface area contributed by atoms with Gasteiger partial charge in [0.25, 0.3) is 0 Å². The minimum atomic E-state index is -4.13. The smallest absolute Gasteiger partial charge is 0.246 e. The van der Waals surface area contributed by atoms with Crippen molar-refractivity contribution in [1.82, 2.24) is 15.5 Å². The zero-order valence-electron chi connectivity index (χ0n) is 19.0. The monoisotopic (exact) mass is 547 g/mol. The van der Waals surface area contributed by atoms with Gasteiger partial charge in [-0.2, -0.15) is 0 Å². The Labute approximate surface area is 215 Å². The summed E-state index contributed by atoms with van der Waals surface area (Å²) in [5.41, 5.74) is 0.763. The lowest BCUT2D eigenvalue weighted by atomic mass is 10.1. The molecule has 2 aromatic rings. The summed E-state index contributed by atoms with van der Waals surface area (Å²) in [4.78, 5) is 14.3. The van der Waals surface area contributed by atoms with Crippen molar-refractivity contribution in [3.05, 3.63) is 62.6 Å². The molecule has 2 N–H and O–H groups in total. The first kappa shape index (κ1) is 27.2. The van der Waals surface area contributed by atoms with Crippen molar-refractivity contribution in [2.45, 2.75) is 42.3 Å². The SMILES string of the molecule is CN(C)Cc1ccc(CNC(=O)COC(C2CCCN2)S(=O)(=O)c2c(Cl)cc(Cl)cc2Cl)cc1. The number of ether oxygens (including phenoxy) is 1. The molecule has 1 aliphatic rings. The Morgan fingerprint density at radius 3 is 2.32 bits per heavy atom. The van der Waals surface area contributed by atoms with Crippen LogP contribution in [0, 0.1) is 0 Å². The first-order valence-corrected chi connectivity index (χ1v) is 13.5.